The van der Waals surface area contributed by atoms with Gasteiger partial charge in [-0.2, -0.15) is 0 Å². The minimum atomic E-state index is -0.250. The minimum Gasteiger partial charge on any atom is -0.483 e. The first-order valence-electron chi connectivity index (χ1n) is 3.94. The number of carboxylic acid groups (broad SMARTS) is 1. The molecule has 0 bridgehead atoms. The predicted molar refractivity (Wildman–Crippen MR) is 60.6 cm³/mol. The van der Waals surface area contributed by atoms with Crippen LogP contribution in [0.15, 0.2) is 18.0 Å². The highest BCUT2D eigenvalue weighted by Gasteiger charge is 2.02. The summed E-state index contributed by atoms with van der Waals surface area (Å²) in [6, 6.07) is 1.92. The molecule has 0 radical (unpaired) electrons. The number of thiophene rings is 1. The lowest BCUT2D eigenvalue weighted by Gasteiger charge is -1.96. The second-order valence-corrected chi connectivity index (χ2v) is 3.33. The smallest absolute Gasteiger partial charge is 0.290 e. The fourth-order valence-electron chi connectivity index (χ4n) is 0.996. The third kappa shape index (κ3) is 2.50. The normalized spacial score (nSPS) is 9.07. The largest absolute Gasteiger partial charge is 0.483 e. The van der Waals surface area contributed by atoms with Crippen LogP contribution in [0.2, 0.25) is 0 Å². The number of rotatable bonds is 1. The van der Waals surface area contributed by atoms with Crippen molar-refractivity contribution in [2.45, 2.75) is 0 Å². The fraction of sp³-hybridized carbons (Fsp3) is 0. The molecule has 0 aliphatic heterocycles. The molecular weight excluding hydrogens is 214 g/mol. The van der Waals surface area contributed by atoms with Crippen LogP contribution < -0.4 is 5.73 Å². The van der Waals surface area contributed by atoms with Crippen LogP contribution in [0.25, 0.3) is 16.3 Å². The molecule has 6 heteroatoms. The Morgan fingerprint density at radius 1 is 1.53 bits per heavy atom. The molecule has 0 unspecified atom stereocenters. The van der Waals surface area contributed by atoms with Gasteiger partial charge in [0.05, 0.1) is 10.2 Å². The van der Waals surface area contributed by atoms with Crippen molar-refractivity contribution in [1.82, 2.24) is 9.97 Å². The third-order valence-corrected chi connectivity index (χ3v) is 2.46. The molecule has 0 amide bonds. The third-order valence-electron chi connectivity index (χ3n) is 1.53. The molecule has 0 saturated heterocycles. The average Bonchev–Trinajstić information content (AvgIpc) is 2.67. The molecule has 0 aromatic carbocycles. The zero-order valence-corrected chi connectivity index (χ0v) is 8.57. The molecule has 0 aliphatic rings. The Bertz CT molecular complexity index is 481. The van der Waals surface area contributed by atoms with E-state index in [1.54, 1.807) is 17.4 Å². The van der Waals surface area contributed by atoms with Gasteiger partial charge in [-0.15, -0.1) is 11.3 Å². The van der Waals surface area contributed by atoms with E-state index in [9.17, 15) is 0 Å². The van der Waals surface area contributed by atoms with Crippen LogP contribution in [0.3, 0.4) is 0 Å². The van der Waals surface area contributed by atoms with Crippen molar-refractivity contribution in [3.8, 4) is 0 Å². The molecule has 0 saturated carbocycles. The Balaban J connectivity index is 0.000000337. The summed E-state index contributed by atoms with van der Waals surface area (Å²) in [6.45, 7) is 3.34. The Kier molecular flexibility index (Phi) is 3.75. The van der Waals surface area contributed by atoms with Gasteiger partial charge in [-0.3, -0.25) is 4.79 Å². The fourth-order valence-corrected chi connectivity index (χ4v) is 1.73. The van der Waals surface area contributed by atoms with Gasteiger partial charge in [-0.25, -0.2) is 9.97 Å². The minimum absolute atomic E-state index is 0.250. The Morgan fingerprint density at radius 3 is 2.80 bits per heavy atom. The van der Waals surface area contributed by atoms with E-state index in [0.717, 1.165) is 10.2 Å². The Labute approximate surface area is 89.9 Å². The molecule has 2 heterocycles. The van der Waals surface area contributed by atoms with Gasteiger partial charge in [0.15, 0.2) is 5.82 Å². The molecule has 2 aromatic rings. The summed E-state index contributed by atoms with van der Waals surface area (Å²) in [5.41, 5.74) is 6.58. The maximum Gasteiger partial charge on any atom is 0.290 e. The van der Waals surface area contributed by atoms with Crippen molar-refractivity contribution >= 4 is 39.9 Å². The summed E-state index contributed by atoms with van der Waals surface area (Å²) in [7, 11) is 0. The van der Waals surface area contributed by atoms with Gasteiger partial charge in [0, 0.05) is 0 Å². The van der Waals surface area contributed by atoms with Crippen LogP contribution in [0, 0.1) is 0 Å². The van der Waals surface area contributed by atoms with E-state index in [2.05, 4.69) is 16.5 Å². The summed E-state index contributed by atoms with van der Waals surface area (Å²) in [5, 5.41) is 8.84. The summed E-state index contributed by atoms with van der Waals surface area (Å²) in [5.74, 6) is 1.11. The first kappa shape index (κ1) is 11.1. The van der Waals surface area contributed by atoms with Gasteiger partial charge in [0.1, 0.15) is 5.82 Å². The highest BCUT2D eigenvalue weighted by molar-refractivity contribution is 7.17. The number of carbonyl (C=O) groups is 1. The van der Waals surface area contributed by atoms with Gasteiger partial charge in [0.2, 0.25) is 0 Å². The van der Waals surface area contributed by atoms with Crippen LogP contribution in [0.4, 0.5) is 5.82 Å². The van der Waals surface area contributed by atoms with Gasteiger partial charge in [-0.1, -0.05) is 6.58 Å². The molecule has 0 aliphatic carbocycles. The molecule has 2 aromatic heterocycles. The van der Waals surface area contributed by atoms with Gasteiger partial charge in [-0.05, 0) is 17.5 Å². The predicted octanol–water partition coefficient (Wildman–Crippen LogP) is 1.62. The number of aromatic nitrogens is 2. The van der Waals surface area contributed by atoms with E-state index in [4.69, 9.17) is 15.6 Å². The first-order chi connectivity index (χ1) is 7.22. The quantitative estimate of drug-likeness (QED) is 0.717. The monoisotopic (exact) mass is 223 g/mol. The lowest BCUT2D eigenvalue weighted by atomic mass is 10.4. The second kappa shape index (κ2) is 5.06. The average molecular weight is 223 g/mol. The molecule has 78 valence electrons. The van der Waals surface area contributed by atoms with Crippen molar-refractivity contribution in [3.63, 3.8) is 0 Å². The van der Waals surface area contributed by atoms with Crippen molar-refractivity contribution in [3.05, 3.63) is 23.8 Å². The highest BCUT2D eigenvalue weighted by Crippen LogP contribution is 2.23. The number of hydrogen-bond donors (Lipinski definition) is 2. The van der Waals surface area contributed by atoms with Crippen LogP contribution in [0.5, 0.6) is 0 Å². The van der Waals surface area contributed by atoms with E-state index in [1.165, 1.54) is 0 Å². The SMILES string of the molecule is C=Cc1nc(N)c2sccc2n1.O=CO. The number of hydrogen-bond acceptors (Lipinski definition) is 5. The molecule has 0 fully saturated rings. The van der Waals surface area contributed by atoms with Crippen molar-refractivity contribution in [2.75, 3.05) is 5.73 Å². The van der Waals surface area contributed by atoms with E-state index >= 15 is 0 Å². The van der Waals surface area contributed by atoms with Crippen molar-refractivity contribution < 1.29 is 9.90 Å². The van der Waals surface area contributed by atoms with Gasteiger partial charge < -0.3 is 10.8 Å². The van der Waals surface area contributed by atoms with Crippen LogP contribution in [0.1, 0.15) is 5.82 Å². The van der Waals surface area contributed by atoms with Crippen molar-refractivity contribution in [1.29, 1.82) is 0 Å². The summed E-state index contributed by atoms with van der Waals surface area (Å²) in [6.07, 6.45) is 1.59. The molecule has 0 atom stereocenters. The summed E-state index contributed by atoms with van der Waals surface area (Å²) in [4.78, 5) is 16.6. The summed E-state index contributed by atoms with van der Waals surface area (Å²) >= 11 is 1.55. The molecule has 3 N–H and O–H groups in total. The zero-order chi connectivity index (χ0) is 11.3. The van der Waals surface area contributed by atoms with Crippen LogP contribution in [-0.4, -0.2) is 21.5 Å². The molecule has 2 rings (SSSR count). The van der Waals surface area contributed by atoms with Crippen molar-refractivity contribution in [2.24, 2.45) is 0 Å². The lowest BCUT2D eigenvalue weighted by molar-refractivity contribution is -0.122. The van der Waals surface area contributed by atoms with E-state index in [0.29, 0.717) is 11.6 Å². The Hall–Kier alpha value is -1.95. The number of fused-ring (bicyclic) bond motifs is 1. The molecule has 5 nitrogen and oxygen atoms in total. The Morgan fingerprint density at radius 2 is 2.20 bits per heavy atom. The van der Waals surface area contributed by atoms with Crippen LogP contribution in [-0.2, 0) is 4.79 Å². The van der Waals surface area contributed by atoms with Gasteiger partial charge in [0.25, 0.3) is 6.47 Å². The first-order valence-corrected chi connectivity index (χ1v) is 4.82. The highest BCUT2D eigenvalue weighted by atomic mass is 32.1. The van der Waals surface area contributed by atoms with Crippen LogP contribution >= 0.6 is 11.3 Å². The molecule has 15 heavy (non-hydrogen) atoms. The second-order valence-electron chi connectivity index (χ2n) is 2.41. The number of nitrogens with two attached hydrogens (primary N) is 1. The maximum absolute atomic E-state index is 8.36. The number of nitrogens with zero attached hydrogens (tertiary/aromatic N) is 2. The van der Waals surface area contributed by atoms with E-state index < -0.39 is 0 Å². The van der Waals surface area contributed by atoms with E-state index in [-0.39, 0.29) is 6.47 Å². The molecular formula is C9H9N3O2S. The topological polar surface area (TPSA) is 89.1 Å². The standard InChI is InChI=1S/C8H7N3S.CH2O2/c1-2-6-10-5-3-4-12-7(5)8(9)11-6;2-1-3/h2-4H,1H2,(H2,9,10,11);1H,(H,2,3). The number of anilines is 1. The molecule has 0 spiro atoms. The lowest BCUT2D eigenvalue weighted by Crippen LogP contribution is -1.94. The number of nitrogen functional groups attached to an aromatic ring is 1. The maximum atomic E-state index is 8.36. The summed E-state index contributed by atoms with van der Waals surface area (Å²) < 4.78 is 0.945. The van der Waals surface area contributed by atoms with Gasteiger partial charge >= 0.3 is 0 Å². The van der Waals surface area contributed by atoms with E-state index in [1.807, 2.05) is 11.4 Å². The zero-order valence-electron chi connectivity index (χ0n) is 7.75.